The van der Waals surface area contributed by atoms with Crippen molar-refractivity contribution in [3.63, 3.8) is 0 Å². The van der Waals surface area contributed by atoms with Crippen molar-refractivity contribution in [1.29, 1.82) is 0 Å². The van der Waals surface area contributed by atoms with Crippen LogP contribution in [0.3, 0.4) is 0 Å². The van der Waals surface area contributed by atoms with Crippen molar-refractivity contribution in [2.24, 2.45) is 5.92 Å². The Morgan fingerprint density at radius 2 is 1.52 bits per heavy atom. The standard InChI is InChI=1S/C24H26F3N3O3/c1-14(2)22(28-23(32)21-17(25)5-4-6-18(21)26)24(33)30-11-9-29(10-12-30)20-8-7-16(15(3)31)13-19(20)27/h4-8,13-14,22H,9-12H2,1-3H3,(H,28,32)/t22-/m0/s1. The molecule has 1 aliphatic heterocycles. The van der Waals surface area contributed by atoms with Crippen LogP contribution in [0.25, 0.3) is 0 Å². The Hall–Kier alpha value is -3.36. The molecule has 2 aromatic carbocycles. The van der Waals surface area contributed by atoms with Crippen molar-refractivity contribution in [3.05, 3.63) is 65.0 Å². The third kappa shape index (κ3) is 5.35. The van der Waals surface area contributed by atoms with Gasteiger partial charge in [0.2, 0.25) is 5.91 Å². The first-order valence-electron chi connectivity index (χ1n) is 10.7. The summed E-state index contributed by atoms with van der Waals surface area (Å²) < 4.78 is 42.4. The molecule has 0 saturated carbocycles. The number of hydrogen-bond acceptors (Lipinski definition) is 4. The number of ketones is 1. The van der Waals surface area contributed by atoms with Gasteiger partial charge in [0.15, 0.2) is 5.78 Å². The molecular formula is C24H26F3N3O3. The highest BCUT2D eigenvalue weighted by Crippen LogP contribution is 2.23. The first-order valence-corrected chi connectivity index (χ1v) is 10.7. The summed E-state index contributed by atoms with van der Waals surface area (Å²) in [6.45, 7) is 6.07. The number of Topliss-reactive ketones (excluding diaryl/α,β-unsaturated/α-hetero) is 1. The molecule has 33 heavy (non-hydrogen) atoms. The van der Waals surface area contributed by atoms with Crippen LogP contribution in [-0.2, 0) is 4.79 Å². The number of anilines is 1. The highest BCUT2D eigenvalue weighted by Gasteiger charge is 2.32. The molecule has 2 amide bonds. The maximum atomic E-state index is 14.5. The SMILES string of the molecule is CC(=O)c1ccc(N2CCN(C(=O)[C@@H](NC(=O)c3c(F)cccc3F)C(C)C)CC2)c(F)c1. The van der Waals surface area contributed by atoms with Gasteiger partial charge in [0.1, 0.15) is 29.1 Å². The molecule has 0 aromatic heterocycles. The molecule has 176 valence electrons. The number of carbonyl (C=O) groups is 3. The first-order chi connectivity index (χ1) is 15.6. The smallest absolute Gasteiger partial charge is 0.257 e. The lowest BCUT2D eigenvalue weighted by molar-refractivity contribution is -0.134. The van der Waals surface area contributed by atoms with E-state index < -0.39 is 35.0 Å². The van der Waals surface area contributed by atoms with E-state index in [0.717, 1.165) is 18.2 Å². The van der Waals surface area contributed by atoms with Gasteiger partial charge in [-0.25, -0.2) is 13.2 Å². The number of piperazine rings is 1. The molecule has 3 rings (SSSR count). The number of hydrogen-bond donors (Lipinski definition) is 1. The minimum atomic E-state index is -1.01. The quantitative estimate of drug-likeness (QED) is 0.670. The maximum Gasteiger partial charge on any atom is 0.257 e. The molecule has 0 bridgehead atoms. The van der Waals surface area contributed by atoms with Crippen molar-refractivity contribution in [1.82, 2.24) is 10.2 Å². The van der Waals surface area contributed by atoms with Gasteiger partial charge < -0.3 is 15.1 Å². The summed E-state index contributed by atoms with van der Waals surface area (Å²) in [5.74, 6) is -4.45. The minimum Gasteiger partial charge on any atom is -0.366 e. The second kappa shape index (κ2) is 10.1. The molecular weight excluding hydrogens is 435 g/mol. The fourth-order valence-electron chi connectivity index (χ4n) is 3.79. The molecule has 1 fully saturated rings. The van der Waals surface area contributed by atoms with E-state index in [0.29, 0.717) is 18.8 Å². The van der Waals surface area contributed by atoms with E-state index >= 15 is 0 Å². The Bertz CT molecular complexity index is 1050. The lowest BCUT2D eigenvalue weighted by Crippen LogP contribution is -2.56. The van der Waals surface area contributed by atoms with Crippen LogP contribution in [0.5, 0.6) is 0 Å². The summed E-state index contributed by atoms with van der Waals surface area (Å²) in [4.78, 5) is 40.4. The zero-order valence-corrected chi connectivity index (χ0v) is 18.7. The van der Waals surface area contributed by atoms with E-state index in [1.165, 1.54) is 13.0 Å². The highest BCUT2D eigenvalue weighted by atomic mass is 19.1. The van der Waals surface area contributed by atoms with Gasteiger partial charge in [-0.2, -0.15) is 0 Å². The molecule has 6 nitrogen and oxygen atoms in total. The molecule has 9 heteroatoms. The summed E-state index contributed by atoms with van der Waals surface area (Å²) in [6.07, 6.45) is 0. The van der Waals surface area contributed by atoms with Gasteiger partial charge in [0.25, 0.3) is 5.91 Å². The summed E-state index contributed by atoms with van der Waals surface area (Å²) in [5, 5.41) is 2.46. The average Bonchev–Trinajstić information content (AvgIpc) is 2.76. The third-order valence-corrected chi connectivity index (χ3v) is 5.70. The lowest BCUT2D eigenvalue weighted by Gasteiger charge is -2.38. The van der Waals surface area contributed by atoms with Crippen LogP contribution in [0.15, 0.2) is 36.4 Å². The van der Waals surface area contributed by atoms with Gasteiger partial charge in [-0.05, 0) is 43.2 Å². The summed E-state index contributed by atoms with van der Waals surface area (Å²) in [7, 11) is 0. The average molecular weight is 461 g/mol. The topological polar surface area (TPSA) is 69.7 Å². The number of benzene rings is 2. The third-order valence-electron chi connectivity index (χ3n) is 5.70. The van der Waals surface area contributed by atoms with Crippen LogP contribution in [-0.4, -0.2) is 54.7 Å². The number of carbonyl (C=O) groups excluding carboxylic acids is 3. The monoisotopic (exact) mass is 461 g/mol. The molecule has 0 aliphatic carbocycles. The number of nitrogens with zero attached hydrogens (tertiary/aromatic N) is 2. The molecule has 1 saturated heterocycles. The fourth-order valence-corrected chi connectivity index (χ4v) is 3.79. The van der Waals surface area contributed by atoms with E-state index in [9.17, 15) is 27.6 Å². The van der Waals surface area contributed by atoms with E-state index in [1.54, 1.807) is 35.8 Å². The summed E-state index contributed by atoms with van der Waals surface area (Å²) in [6, 6.07) is 6.43. The predicted molar refractivity (Wildman–Crippen MR) is 118 cm³/mol. The van der Waals surface area contributed by atoms with Crippen LogP contribution in [0.4, 0.5) is 18.9 Å². The van der Waals surface area contributed by atoms with Crippen molar-refractivity contribution >= 4 is 23.3 Å². The van der Waals surface area contributed by atoms with E-state index in [4.69, 9.17) is 0 Å². The van der Waals surface area contributed by atoms with Crippen molar-refractivity contribution in [2.75, 3.05) is 31.1 Å². The van der Waals surface area contributed by atoms with Crippen molar-refractivity contribution in [3.8, 4) is 0 Å². The molecule has 1 atom stereocenters. The molecule has 0 spiro atoms. The molecule has 1 heterocycles. The highest BCUT2D eigenvalue weighted by molar-refractivity contribution is 5.98. The van der Waals surface area contributed by atoms with Crippen LogP contribution in [0, 0.1) is 23.4 Å². The van der Waals surface area contributed by atoms with Gasteiger partial charge in [-0.3, -0.25) is 14.4 Å². The molecule has 1 aliphatic rings. The predicted octanol–water partition coefficient (Wildman–Crippen LogP) is 3.41. The van der Waals surface area contributed by atoms with Gasteiger partial charge in [0, 0.05) is 31.7 Å². The van der Waals surface area contributed by atoms with Crippen LogP contribution in [0.1, 0.15) is 41.5 Å². The van der Waals surface area contributed by atoms with Crippen LogP contribution >= 0.6 is 0 Å². The van der Waals surface area contributed by atoms with Gasteiger partial charge in [-0.15, -0.1) is 0 Å². The van der Waals surface area contributed by atoms with E-state index in [2.05, 4.69) is 5.32 Å². The molecule has 2 aromatic rings. The van der Waals surface area contributed by atoms with Crippen molar-refractivity contribution < 1.29 is 27.6 Å². The van der Waals surface area contributed by atoms with E-state index in [-0.39, 0.29) is 36.3 Å². The van der Waals surface area contributed by atoms with Crippen molar-refractivity contribution in [2.45, 2.75) is 26.8 Å². The Labute approximate surface area is 190 Å². The Balaban J connectivity index is 1.68. The van der Waals surface area contributed by atoms with Gasteiger partial charge in [0.05, 0.1) is 5.69 Å². The normalized spacial score (nSPS) is 14.9. The Morgan fingerprint density at radius 3 is 2.03 bits per heavy atom. The fraction of sp³-hybridized carbons (Fsp3) is 0.375. The minimum absolute atomic E-state index is 0.229. The summed E-state index contributed by atoms with van der Waals surface area (Å²) in [5.41, 5.74) is -0.104. The van der Waals surface area contributed by atoms with Gasteiger partial charge in [-0.1, -0.05) is 19.9 Å². The number of nitrogens with one attached hydrogen (secondary N) is 1. The molecule has 0 radical (unpaired) electrons. The zero-order chi connectivity index (χ0) is 24.3. The molecule has 1 N–H and O–H groups in total. The Morgan fingerprint density at radius 1 is 0.909 bits per heavy atom. The molecule has 0 unspecified atom stereocenters. The van der Waals surface area contributed by atoms with Crippen LogP contribution in [0.2, 0.25) is 0 Å². The van der Waals surface area contributed by atoms with Crippen LogP contribution < -0.4 is 10.2 Å². The van der Waals surface area contributed by atoms with E-state index in [1.807, 2.05) is 0 Å². The second-order valence-electron chi connectivity index (χ2n) is 8.33. The lowest BCUT2D eigenvalue weighted by atomic mass is 10.0. The number of amides is 2. The zero-order valence-electron chi connectivity index (χ0n) is 18.7. The summed E-state index contributed by atoms with van der Waals surface area (Å²) >= 11 is 0. The number of rotatable bonds is 6. The maximum absolute atomic E-state index is 14.5. The number of halogens is 3. The van der Waals surface area contributed by atoms with Gasteiger partial charge >= 0.3 is 0 Å². The first kappa shape index (κ1) is 24.3. The Kier molecular flexibility index (Phi) is 7.40. The largest absolute Gasteiger partial charge is 0.366 e. The second-order valence-corrected chi connectivity index (χ2v) is 8.33.